The molecule has 5 heteroatoms. The summed E-state index contributed by atoms with van der Waals surface area (Å²) in [6, 6.07) is 8.24. The van der Waals surface area contributed by atoms with Gasteiger partial charge in [0, 0.05) is 5.56 Å². The predicted octanol–water partition coefficient (Wildman–Crippen LogP) is 2.56. The second-order valence-corrected chi connectivity index (χ2v) is 6.23. The number of esters is 1. The van der Waals surface area contributed by atoms with E-state index in [4.69, 9.17) is 10.00 Å². The largest absolute Gasteiger partial charge is 0.446 e. The van der Waals surface area contributed by atoms with Crippen LogP contribution in [0.3, 0.4) is 0 Å². The van der Waals surface area contributed by atoms with Crippen LogP contribution in [-0.2, 0) is 14.9 Å². The first kappa shape index (κ1) is 17.7. The molecule has 0 aliphatic rings. The van der Waals surface area contributed by atoms with Crippen molar-refractivity contribution in [3.05, 3.63) is 35.4 Å². The van der Waals surface area contributed by atoms with Crippen molar-refractivity contribution in [2.24, 2.45) is 0 Å². The van der Waals surface area contributed by atoms with Gasteiger partial charge in [0.1, 0.15) is 12.1 Å². The van der Waals surface area contributed by atoms with Gasteiger partial charge in [-0.2, -0.15) is 5.26 Å². The molecule has 0 unspecified atom stereocenters. The Morgan fingerprint density at radius 2 is 1.73 bits per heavy atom. The van der Waals surface area contributed by atoms with Gasteiger partial charge in [-0.1, -0.05) is 32.9 Å². The Morgan fingerprint density at radius 3 is 2.18 bits per heavy atom. The highest BCUT2D eigenvalue weighted by Crippen LogP contribution is 2.22. The Hall–Kier alpha value is -2.35. The summed E-state index contributed by atoms with van der Waals surface area (Å²) in [5.74, 6) is -0.983. The van der Waals surface area contributed by atoms with Crippen LogP contribution in [-0.4, -0.2) is 24.0 Å². The van der Waals surface area contributed by atoms with E-state index in [1.807, 2.05) is 12.1 Å². The number of nitrogens with one attached hydrogen (secondary N) is 1. The molecule has 1 amide bonds. The molecular weight excluding hydrogens is 280 g/mol. The molecule has 0 radical (unpaired) electrons. The first-order valence-electron chi connectivity index (χ1n) is 7.16. The summed E-state index contributed by atoms with van der Waals surface area (Å²) in [5, 5.41) is 11.2. The number of nitrogens with zero attached hydrogens (tertiary/aromatic N) is 1. The van der Waals surface area contributed by atoms with Gasteiger partial charge in [0.2, 0.25) is 0 Å². The monoisotopic (exact) mass is 302 g/mol. The Balaban J connectivity index is 2.69. The first-order chi connectivity index (χ1) is 10.1. The quantitative estimate of drug-likeness (QED) is 0.867. The SMILES string of the molecule is C[C@H](C#N)OC(=O)[C@H](C)NC(=O)c1ccc(C(C)(C)C)cc1. The van der Waals surface area contributed by atoms with Crippen LogP contribution in [0.4, 0.5) is 0 Å². The Bertz CT molecular complexity index is 579. The zero-order chi connectivity index (χ0) is 16.9. The molecule has 0 aromatic heterocycles. The van der Waals surface area contributed by atoms with Crippen molar-refractivity contribution in [3.8, 4) is 6.07 Å². The van der Waals surface area contributed by atoms with Crippen molar-refractivity contribution in [1.82, 2.24) is 5.32 Å². The second kappa shape index (κ2) is 7.08. The molecule has 1 N–H and O–H groups in total. The molecule has 118 valence electrons. The lowest BCUT2D eigenvalue weighted by molar-refractivity contribution is -0.147. The summed E-state index contributed by atoms with van der Waals surface area (Å²) in [5.41, 5.74) is 1.61. The van der Waals surface area contributed by atoms with Gasteiger partial charge in [-0.15, -0.1) is 0 Å². The molecule has 0 saturated carbocycles. The summed E-state index contributed by atoms with van der Waals surface area (Å²) < 4.78 is 4.85. The standard InChI is InChI=1S/C17H22N2O3/c1-11(10-18)22-16(21)12(2)19-15(20)13-6-8-14(9-7-13)17(3,4)5/h6-9,11-12H,1-5H3,(H,19,20)/t11-,12+/m1/s1. The number of ether oxygens (including phenoxy) is 1. The second-order valence-electron chi connectivity index (χ2n) is 6.23. The molecule has 0 spiro atoms. The number of hydrogen-bond acceptors (Lipinski definition) is 4. The van der Waals surface area contributed by atoms with Gasteiger partial charge in [-0.25, -0.2) is 4.79 Å². The fourth-order valence-electron chi connectivity index (χ4n) is 1.76. The molecule has 0 heterocycles. The molecule has 0 aliphatic carbocycles. The number of hydrogen-bond donors (Lipinski definition) is 1. The van der Waals surface area contributed by atoms with E-state index in [9.17, 15) is 9.59 Å². The lowest BCUT2D eigenvalue weighted by atomic mass is 9.86. The van der Waals surface area contributed by atoms with E-state index in [1.54, 1.807) is 18.2 Å². The highest BCUT2D eigenvalue weighted by Gasteiger charge is 2.20. The van der Waals surface area contributed by atoms with E-state index >= 15 is 0 Å². The molecule has 1 aromatic carbocycles. The summed E-state index contributed by atoms with van der Waals surface area (Å²) >= 11 is 0. The smallest absolute Gasteiger partial charge is 0.329 e. The van der Waals surface area contributed by atoms with Crippen molar-refractivity contribution in [2.75, 3.05) is 0 Å². The average molecular weight is 302 g/mol. The Labute approximate surface area is 131 Å². The Morgan fingerprint density at radius 1 is 1.18 bits per heavy atom. The summed E-state index contributed by atoms with van der Waals surface area (Å²) in [4.78, 5) is 23.8. The zero-order valence-corrected chi connectivity index (χ0v) is 13.6. The molecule has 1 rings (SSSR count). The maximum atomic E-state index is 12.1. The lowest BCUT2D eigenvalue weighted by Gasteiger charge is -2.19. The van der Waals surface area contributed by atoms with Gasteiger partial charge >= 0.3 is 5.97 Å². The van der Waals surface area contributed by atoms with Crippen molar-refractivity contribution in [2.45, 2.75) is 52.2 Å². The number of nitriles is 1. The van der Waals surface area contributed by atoms with Crippen molar-refractivity contribution < 1.29 is 14.3 Å². The van der Waals surface area contributed by atoms with E-state index in [2.05, 4.69) is 26.1 Å². The molecule has 22 heavy (non-hydrogen) atoms. The number of benzene rings is 1. The fraction of sp³-hybridized carbons (Fsp3) is 0.471. The maximum Gasteiger partial charge on any atom is 0.329 e. The van der Waals surface area contributed by atoms with Crippen LogP contribution in [0.2, 0.25) is 0 Å². The fourth-order valence-corrected chi connectivity index (χ4v) is 1.76. The van der Waals surface area contributed by atoms with Gasteiger partial charge in [0.15, 0.2) is 6.10 Å². The van der Waals surface area contributed by atoms with Crippen LogP contribution in [0.5, 0.6) is 0 Å². The van der Waals surface area contributed by atoms with Crippen molar-refractivity contribution >= 4 is 11.9 Å². The van der Waals surface area contributed by atoms with Gasteiger partial charge in [0.25, 0.3) is 5.91 Å². The van der Waals surface area contributed by atoms with Crippen molar-refractivity contribution in [1.29, 1.82) is 5.26 Å². The molecule has 5 nitrogen and oxygen atoms in total. The predicted molar refractivity (Wildman–Crippen MR) is 83.2 cm³/mol. The highest BCUT2D eigenvalue weighted by atomic mass is 16.5. The van der Waals surface area contributed by atoms with Crippen LogP contribution in [0.25, 0.3) is 0 Å². The van der Waals surface area contributed by atoms with E-state index < -0.39 is 18.1 Å². The van der Waals surface area contributed by atoms with Crippen LogP contribution in [0.15, 0.2) is 24.3 Å². The van der Waals surface area contributed by atoms with Gasteiger partial charge in [0.05, 0.1) is 0 Å². The normalized spacial score (nSPS) is 13.6. The molecule has 2 atom stereocenters. The molecule has 0 saturated heterocycles. The van der Waals surface area contributed by atoms with E-state index in [1.165, 1.54) is 13.8 Å². The summed E-state index contributed by atoms with van der Waals surface area (Å²) in [6.45, 7) is 9.27. The molecule has 0 aliphatic heterocycles. The highest BCUT2D eigenvalue weighted by molar-refractivity contribution is 5.96. The summed E-state index contributed by atoms with van der Waals surface area (Å²) in [7, 11) is 0. The van der Waals surface area contributed by atoms with E-state index in [0.29, 0.717) is 5.56 Å². The minimum Gasteiger partial charge on any atom is -0.446 e. The summed E-state index contributed by atoms with van der Waals surface area (Å²) in [6.07, 6.45) is -0.835. The number of amides is 1. The zero-order valence-electron chi connectivity index (χ0n) is 13.6. The number of carbonyl (C=O) groups is 2. The first-order valence-corrected chi connectivity index (χ1v) is 7.16. The third-order valence-corrected chi connectivity index (χ3v) is 3.19. The van der Waals surface area contributed by atoms with Crippen LogP contribution in [0.1, 0.15) is 50.5 Å². The average Bonchev–Trinajstić information content (AvgIpc) is 2.46. The van der Waals surface area contributed by atoms with Crippen molar-refractivity contribution in [3.63, 3.8) is 0 Å². The number of rotatable bonds is 4. The minimum absolute atomic E-state index is 0.0134. The third-order valence-electron chi connectivity index (χ3n) is 3.19. The lowest BCUT2D eigenvalue weighted by Crippen LogP contribution is -2.40. The number of carbonyl (C=O) groups excluding carboxylic acids is 2. The maximum absolute atomic E-state index is 12.1. The van der Waals surface area contributed by atoms with Crippen LogP contribution in [0, 0.1) is 11.3 Å². The van der Waals surface area contributed by atoms with E-state index in [0.717, 1.165) is 5.56 Å². The van der Waals surface area contributed by atoms with Gasteiger partial charge < -0.3 is 10.1 Å². The van der Waals surface area contributed by atoms with E-state index in [-0.39, 0.29) is 11.3 Å². The van der Waals surface area contributed by atoms with Crippen LogP contribution < -0.4 is 5.32 Å². The third kappa shape index (κ3) is 4.88. The Kier molecular flexibility index (Phi) is 5.69. The molecular formula is C17H22N2O3. The van der Waals surface area contributed by atoms with Gasteiger partial charge in [-0.05, 0) is 37.0 Å². The molecule has 1 aromatic rings. The topological polar surface area (TPSA) is 79.2 Å². The minimum atomic E-state index is -0.835. The molecule has 0 bridgehead atoms. The molecule has 0 fully saturated rings. The van der Waals surface area contributed by atoms with Crippen LogP contribution >= 0.6 is 0 Å². The van der Waals surface area contributed by atoms with Gasteiger partial charge in [-0.3, -0.25) is 4.79 Å².